The van der Waals surface area contributed by atoms with Crippen LogP contribution in [0.2, 0.25) is 0 Å². The zero-order chi connectivity index (χ0) is 13.8. The van der Waals surface area contributed by atoms with E-state index in [-0.39, 0.29) is 11.9 Å². The molecule has 3 N–H and O–H groups in total. The number of nitrogens with zero attached hydrogens (tertiary/aromatic N) is 1. The summed E-state index contributed by atoms with van der Waals surface area (Å²) in [5.41, 5.74) is 7.07. The molecule has 0 saturated carbocycles. The normalized spacial score (nSPS) is 18.3. The number of halogens is 2. The summed E-state index contributed by atoms with van der Waals surface area (Å²) < 4.78 is 13.7. The summed E-state index contributed by atoms with van der Waals surface area (Å²) in [6.45, 7) is 5.48. The van der Waals surface area contributed by atoms with Crippen LogP contribution in [0.15, 0.2) is 16.6 Å². The van der Waals surface area contributed by atoms with Gasteiger partial charge >= 0.3 is 0 Å². The molecule has 19 heavy (non-hydrogen) atoms. The van der Waals surface area contributed by atoms with Gasteiger partial charge in [-0.15, -0.1) is 0 Å². The Morgan fingerprint density at radius 1 is 1.37 bits per heavy atom. The maximum atomic E-state index is 13.3. The molecule has 1 aliphatic heterocycles. The zero-order valence-corrected chi connectivity index (χ0v) is 12.8. The number of nitrogens with two attached hydrogens (primary N) is 1. The van der Waals surface area contributed by atoms with Crippen molar-refractivity contribution in [3.05, 3.63) is 22.4 Å². The van der Waals surface area contributed by atoms with Gasteiger partial charge in [0, 0.05) is 18.7 Å². The van der Waals surface area contributed by atoms with Crippen LogP contribution in [0, 0.1) is 5.82 Å². The van der Waals surface area contributed by atoms with Gasteiger partial charge in [-0.2, -0.15) is 0 Å². The fourth-order valence-corrected chi connectivity index (χ4v) is 2.87. The molecule has 1 saturated heterocycles. The lowest BCUT2D eigenvalue weighted by molar-refractivity contribution is 0.223. The van der Waals surface area contributed by atoms with Crippen LogP contribution in [0.25, 0.3) is 0 Å². The number of piperidine rings is 1. The Kier molecular flexibility index (Phi) is 5.05. The van der Waals surface area contributed by atoms with E-state index in [9.17, 15) is 4.39 Å². The minimum Gasteiger partial charge on any atom is -0.397 e. The van der Waals surface area contributed by atoms with Crippen LogP contribution < -0.4 is 11.1 Å². The second kappa shape index (κ2) is 6.57. The third kappa shape index (κ3) is 4.08. The average Bonchev–Trinajstić information content (AvgIpc) is 2.37. The number of hydrogen-bond donors (Lipinski definition) is 2. The van der Waals surface area contributed by atoms with Crippen LogP contribution >= 0.6 is 15.9 Å². The van der Waals surface area contributed by atoms with E-state index in [1.165, 1.54) is 38.4 Å². The van der Waals surface area contributed by atoms with E-state index >= 15 is 0 Å². The van der Waals surface area contributed by atoms with E-state index in [0.717, 1.165) is 12.2 Å². The fourth-order valence-electron chi connectivity index (χ4n) is 2.53. The molecule has 1 heterocycles. The Balaban J connectivity index is 1.94. The van der Waals surface area contributed by atoms with Gasteiger partial charge in [-0.25, -0.2) is 4.39 Å². The second-order valence-electron chi connectivity index (χ2n) is 5.26. The molecule has 106 valence electrons. The van der Waals surface area contributed by atoms with E-state index in [1.54, 1.807) is 6.07 Å². The highest BCUT2D eigenvalue weighted by Gasteiger charge is 2.14. The topological polar surface area (TPSA) is 41.3 Å². The maximum absolute atomic E-state index is 13.3. The molecule has 1 aromatic carbocycles. The van der Waals surface area contributed by atoms with Crippen molar-refractivity contribution in [3.8, 4) is 0 Å². The van der Waals surface area contributed by atoms with Gasteiger partial charge < -0.3 is 16.0 Å². The summed E-state index contributed by atoms with van der Waals surface area (Å²) in [5.74, 6) is -0.327. The average molecular weight is 330 g/mol. The molecule has 0 amide bonds. The lowest BCUT2D eigenvalue weighted by Crippen LogP contribution is -2.38. The van der Waals surface area contributed by atoms with Crippen molar-refractivity contribution in [3.63, 3.8) is 0 Å². The minimum atomic E-state index is -0.327. The molecule has 1 fully saturated rings. The first-order chi connectivity index (χ1) is 9.06. The van der Waals surface area contributed by atoms with Gasteiger partial charge in [0.05, 0.1) is 15.8 Å². The molecule has 3 nitrogen and oxygen atoms in total. The Hall–Kier alpha value is -0.810. The summed E-state index contributed by atoms with van der Waals surface area (Å²) >= 11 is 3.19. The molecule has 1 aromatic rings. The molecule has 2 rings (SSSR count). The van der Waals surface area contributed by atoms with E-state index < -0.39 is 0 Å². The molecular weight excluding hydrogens is 309 g/mol. The Morgan fingerprint density at radius 3 is 2.74 bits per heavy atom. The molecule has 1 unspecified atom stereocenters. The van der Waals surface area contributed by atoms with Crippen LogP contribution in [0.3, 0.4) is 0 Å². The van der Waals surface area contributed by atoms with Gasteiger partial charge in [0.2, 0.25) is 0 Å². The summed E-state index contributed by atoms with van der Waals surface area (Å²) in [6, 6.07) is 3.34. The van der Waals surface area contributed by atoms with Crippen molar-refractivity contribution in [1.82, 2.24) is 4.90 Å². The Bertz CT molecular complexity index is 433. The second-order valence-corrected chi connectivity index (χ2v) is 6.11. The first-order valence-corrected chi connectivity index (χ1v) is 7.59. The highest BCUT2D eigenvalue weighted by Crippen LogP contribution is 2.27. The number of nitrogen functional groups attached to an aromatic ring is 1. The summed E-state index contributed by atoms with van der Waals surface area (Å²) in [6.07, 6.45) is 3.92. The van der Waals surface area contributed by atoms with E-state index in [4.69, 9.17) is 5.73 Å². The van der Waals surface area contributed by atoms with Crippen LogP contribution in [0.4, 0.5) is 15.8 Å². The van der Waals surface area contributed by atoms with E-state index in [2.05, 4.69) is 33.1 Å². The first kappa shape index (κ1) is 14.6. The number of hydrogen-bond acceptors (Lipinski definition) is 3. The number of nitrogens with one attached hydrogen (secondary N) is 1. The molecule has 0 spiro atoms. The Morgan fingerprint density at radius 2 is 2.05 bits per heavy atom. The zero-order valence-electron chi connectivity index (χ0n) is 11.3. The molecule has 1 aliphatic rings. The third-order valence-corrected chi connectivity index (χ3v) is 4.08. The lowest BCUT2D eigenvalue weighted by Gasteiger charge is -2.30. The predicted octanol–water partition coefficient (Wildman–Crippen LogP) is 3.46. The van der Waals surface area contributed by atoms with Crippen molar-refractivity contribution < 1.29 is 4.39 Å². The van der Waals surface area contributed by atoms with Crippen molar-refractivity contribution in [2.45, 2.75) is 32.2 Å². The van der Waals surface area contributed by atoms with Crippen LogP contribution in [-0.4, -0.2) is 30.6 Å². The molecular formula is C14H21BrFN3. The van der Waals surface area contributed by atoms with Crippen molar-refractivity contribution >= 4 is 27.3 Å². The van der Waals surface area contributed by atoms with Crippen LogP contribution in [0.5, 0.6) is 0 Å². The van der Waals surface area contributed by atoms with Crippen molar-refractivity contribution in [2.75, 3.05) is 30.7 Å². The fraction of sp³-hybridized carbons (Fsp3) is 0.571. The monoisotopic (exact) mass is 329 g/mol. The SMILES string of the molecule is CC(CN1CCCCC1)Nc1cc(Br)c(F)cc1N. The highest BCUT2D eigenvalue weighted by molar-refractivity contribution is 9.10. The molecule has 5 heteroatoms. The quantitative estimate of drug-likeness (QED) is 0.831. The highest BCUT2D eigenvalue weighted by atomic mass is 79.9. The van der Waals surface area contributed by atoms with Gasteiger partial charge in [0.25, 0.3) is 0 Å². The summed E-state index contributed by atoms with van der Waals surface area (Å²) in [4.78, 5) is 2.47. The maximum Gasteiger partial charge on any atom is 0.139 e. The lowest BCUT2D eigenvalue weighted by atomic mass is 10.1. The standard InChI is InChI=1S/C14H21BrFN3/c1-10(9-19-5-3-2-4-6-19)18-14-7-11(15)12(16)8-13(14)17/h7-8,10,18H,2-6,9,17H2,1H3. The van der Waals surface area contributed by atoms with Crippen LogP contribution in [-0.2, 0) is 0 Å². The smallest absolute Gasteiger partial charge is 0.139 e. The van der Waals surface area contributed by atoms with Crippen molar-refractivity contribution in [1.29, 1.82) is 0 Å². The van der Waals surface area contributed by atoms with Gasteiger partial charge in [-0.1, -0.05) is 6.42 Å². The summed E-state index contributed by atoms with van der Waals surface area (Å²) in [5, 5.41) is 3.36. The third-order valence-electron chi connectivity index (χ3n) is 3.48. The number of likely N-dealkylation sites (tertiary alicyclic amines) is 1. The molecule has 0 aliphatic carbocycles. The van der Waals surface area contributed by atoms with Gasteiger partial charge in [-0.3, -0.25) is 0 Å². The Labute approximate surface area is 122 Å². The minimum absolute atomic E-state index is 0.290. The predicted molar refractivity (Wildman–Crippen MR) is 81.9 cm³/mol. The van der Waals surface area contributed by atoms with Gasteiger partial charge in [0.15, 0.2) is 0 Å². The molecule has 0 aromatic heterocycles. The molecule has 1 atom stereocenters. The number of rotatable bonds is 4. The molecule has 0 bridgehead atoms. The van der Waals surface area contributed by atoms with E-state index in [0.29, 0.717) is 10.2 Å². The first-order valence-electron chi connectivity index (χ1n) is 6.79. The largest absolute Gasteiger partial charge is 0.397 e. The number of anilines is 2. The summed E-state index contributed by atoms with van der Waals surface area (Å²) in [7, 11) is 0. The number of benzene rings is 1. The van der Waals surface area contributed by atoms with Gasteiger partial charge in [-0.05, 0) is 54.9 Å². The van der Waals surface area contributed by atoms with Gasteiger partial charge in [0.1, 0.15) is 5.82 Å². The van der Waals surface area contributed by atoms with E-state index in [1.807, 2.05) is 0 Å². The van der Waals surface area contributed by atoms with Crippen LogP contribution in [0.1, 0.15) is 26.2 Å². The van der Waals surface area contributed by atoms with Crippen molar-refractivity contribution in [2.24, 2.45) is 0 Å². The molecule has 0 radical (unpaired) electrons.